The Hall–Kier alpha value is -3.45. The lowest BCUT2D eigenvalue weighted by molar-refractivity contribution is 0.769. The summed E-state index contributed by atoms with van der Waals surface area (Å²) in [5.74, 6) is 1.48. The number of anilines is 1. The predicted molar refractivity (Wildman–Crippen MR) is 110 cm³/mol. The van der Waals surface area contributed by atoms with Crippen LogP contribution in [0.1, 0.15) is 18.8 Å². The summed E-state index contributed by atoms with van der Waals surface area (Å²) in [6.07, 6.45) is 3.11. The molecule has 5 rings (SSSR count). The number of rotatable bonds is 4. The Bertz CT molecular complexity index is 1280. The molecule has 0 aliphatic rings. The largest absolute Gasteiger partial charge is 0.358 e. The fourth-order valence-electron chi connectivity index (χ4n) is 3.37. The standard InChI is InChI=1S/C20H16ClN7/c1-12(26-19-16-18(23-10-22-16)24-11-25-19)20-27-15-9-5-8-14(21)17(15)28(20)13-6-3-2-4-7-13/h2-12H,1H3,(H2,22,23,24,25,26)/t12-/m0/s1. The van der Waals surface area contributed by atoms with Gasteiger partial charge in [-0.3, -0.25) is 4.57 Å². The van der Waals surface area contributed by atoms with E-state index in [0.717, 1.165) is 22.5 Å². The predicted octanol–water partition coefficient (Wildman–Crippen LogP) is 4.52. The van der Waals surface area contributed by atoms with Gasteiger partial charge in [0.05, 0.1) is 28.4 Å². The number of halogens is 1. The number of aromatic nitrogens is 6. The van der Waals surface area contributed by atoms with Gasteiger partial charge in [0.15, 0.2) is 11.5 Å². The summed E-state index contributed by atoms with van der Waals surface area (Å²) in [7, 11) is 0. The maximum absolute atomic E-state index is 6.54. The molecule has 3 heterocycles. The molecule has 0 radical (unpaired) electrons. The van der Waals surface area contributed by atoms with Gasteiger partial charge in [0.25, 0.3) is 0 Å². The molecule has 0 aliphatic heterocycles. The van der Waals surface area contributed by atoms with E-state index in [2.05, 4.69) is 29.8 Å². The highest BCUT2D eigenvalue weighted by Crippen LogP contribution is 2.31. The second-order valence-corrected chi connectivity index (χ2v) is 6.84. The van der Waals surface area contributed by atoms with Crippen LogP contribution in [0.2, 0.25) is 5.02 Å². The van der Waals surface area contributed by atoms with Crippen LogP contribution in [0.5, 0.6) is 0 Å². The Morgan fingerprint density at radius 1 is 1.04 bits per heavy atom. The highest BCUT2D eigenvalue weighted by molar-refractivity contribution is 6.35. The number of H-pyrrole nitrogens is 1. The van der Waals surface area contributed by atoms with Gasteiger partial charge in [0.1, 0.15) is 17.7 Å². The molecule has 138 valence electrons. The van der Waals surface area contributed by atoms with E-state index < -0.39 is 0 Å². The van der Waals surface area contributed by atoms with Crippen molar-refractivity contribution in [3.63, 3.8) is 0 Å². The van der Waals surface area contributed by atoms with E-state index in [9.17, 15) is 0 Å². The first-order valence-electron chi connectivity index (χ1n) is 8.85. The average Bonchev–Trinajstić information content (AvgIpc) is 3.34. The fraction of sp³-hybridized carbons (Fsp3) is 0.100. The first kappa shape index (κ1) is 16.7. The second-order valence-electron chi connectivity index (χ2n) is 6.44. The molecular weight excluding hydrogens is 374 g/mol. The minimum atomic E-state index is -0.154. The number of hydrogen-bond acceptors (Lipinski definition) is 5. The zero-order chi connectivity index (χ0) is 19.1. The molecule has 3 aromatic heterocycles. The maximum atomic E-state index is 6.54. The van der Waals surface area contributed by atoms with E-state index in [0.29, 0.717) is 22.0 Å². The molecule has 8 heteroatoms. The summed E-state index contributed by atoms with van der Waals surface area (Å²) < 4.78 is 2.08. The lowest BCUT2D eigenvalue weighted by Crippen LogP contribution is -2.14. The summed E-state index contributed by atoms with van der Waals surface area (Å²) in [6.45, 7) is 2.04. The monoisotopic (exact) mass is 389 g/mol. The summed E-state index contributed by atoms with van der Waals surface area (Å²) in [6, 6.07) is 15.7. The molecule has 1 atom stereocenters. The molecule has 0 amide bonds. The Kier molecular flexibility index (Phi) is 3.95. The minimum Gasteiger partial charge on any atom is -0.358 e. The Balaban J connectivity index is 1.66. The summed E-state index contributed by atoms with van der Waals surface area (Å²) >= 11 is 6.54. The molecule has 0 saturated carbocycles. The molecule has 0 unspecified atom stereocenters. The first-order chi connectivity index (χ1) is 13.7. The van der Waals surface area contributed by atoms with Crippen LogP contribution in [0.4, 0.5) is 5.82 Å². The van der Waals surface area contributed by atoms with Crippen LogP contribution >= 0.6 is 11.6 Å². The highest BCUT2D eigenvalue weighted by Gasteiger charge is 2.21. The van der Waals surface area contributed by atoms with E-state index >= 15 is 0 Å². The van der Waals surface area contributed by atoms with Crippen LogP contribution in [-0.2, 0) is 0 Å². The molecule has 2 aromatic carbocycles. The van der Waals surface area contributed by atoms with Crippen LogP contribution in [-0.4, -0.2) is 29.5 Å². The van der Waals surface area contributed by atoms with Crippen molar-refractivity contribution in [2.45, 2.75) is 13.0 Å². The SMILES string of the molecule is C[C@H](Nc1ncnc2[nH]cnc12)c1nc2cccc(Cl)c2n1-c1ccccc1. The number of benzene rings is 2. The fourth-order valence-corrected chi connectivity index (χ4v) is 3.63. The van der Waals surface area contributed by atoms with Gasteiger partial charge in [-0.15, -0.1) is 0 Å². The third-order valence-corrected chi connectivity index (χ3v) is 4.93. The second kappa shape index (κ2) is 6.61. The number of para-hydroxylation sites is 2. The molecular formula is C20H16ClN7. The third kappa shape index (κ3) is 2.68. The van der Waals surface area contributed by atoms with Crippen molar-refractivity contribution < 1.29 is 0 Å². The number of aromatic amines is 1. The van der Waals surface area contributed by atoms with E-state index in [4.69, 9.17) is 16.6 Å². The van der Waals surface area contributed by atoms with E-state index in [-0.39, 0.29) is 6.04 Å². The molecule has 0 aliphatic carbocycles. The summed E-state index contributed by atoms with van der Waals surface area (Å²) in [5.41, 5.74) is 4.09. The highest BCUT2D eigenvalue weighted by atomic mass is 35.5. The summed E-state index contributed by atoms with van der Waals surface area (Å²) in [5, 5.41) is 4.07. The van der Waals surface area contributed by atoms with Crippen LogP contribution in [0.3, 0.4) is 0 Å². The van der Waals surface area contributed by atoms with Crippen LogP contribution < -0.4 is 5.32 Å². The molecule has 5 aromatic rings. The lowest BCUT2D eigenvalue weighted by atomic mass is 10.2. The normalized spacial score (nSPS) is 12.5. The molecule has 0 spiro atoms. The van der Waals surface area contributed by atoms with Crippen LogP contribution in [0.15, 0.2) is 61.2 Å². The summed E-state index contributed by atoms with van der Waals surface area (Å²) in [4.78, 5) is 20.7. The molecule has 2 N–H and O–H groups in total. The molecule has 0 saturated heterocycles. The van der Waals surface area contributed by atoms with Gasteiger partial charge in [-0.2, -0.15) is 0 Å². The first-order valence-corrected chi connectivity index (χ1v) is 9.23. The van der Waals surface area contributed by atoms with Gasteiger partial charge in [0.2, 0.25) is 0 Å². The van der Waals surface area contributed by atoms with Crippen molar-refractivity contribution in [1.82, 2.24) is 29.5 Å². The zero-order valence-corrected chi connectivity index (χ0v) is 15.7. The topological polar surface area (TPSA) is 84.3 Å². The number of hydrogen-bond donors (Lipinski definition) is 2. The zero-order valence-electron chi connectivity index (χ0n) is 15.0. The average molecular weight is 390 g/mol. The minimum absolute atomic E-state index is 0.154. The lowest BCUT2D eigenvalue weighted by Gasteiger charge is -2.17. The molecule has 28 heavy (non-hydrogen) atoms. The number of fused-ring (bicyclic) bond motifs is 2. The maximum Gasteiger partial charge on any atom is 0.162 e. The van der Waals surface area contributed by atoms with Crippen molar-refractivity contribution >= 4 is 39.6 Å². The van der Waals surface area contributed by atoms with Crippen molar-refractivity contribution in [2.75, 3.05) is 5.32 Å². The van der Waals surface area contributed by atoms with Gasteiger partial charge >= 0.3 is 0 Å². The third-order valence-electron chi connectivity index (χ3n) is 4.63. The molecule has 7 nitrogen and oxygen atoms in total. The van der Waals surface area contributed by atoms with Crippen molar-refractivity contribution in [3.8, 4) is 5.69 Å². The van der Waals surface area contributed by atoms with Crippen molar-refractivity contribution in [1.29, 1.82) is 0 Å². The number of nitrogens with zero attached hydrogens (tertiary/aromatic N) is 5. The van der Waals surface area contributed by atoms with Gasteiger partial charge in [-0.05, 0) is 31.2 Å². The van der Waals surface area contributed by atoms with E-state index in [1.807, 2.05) is 55.5 Å². The van der Waals surface area contributed by atoms with Crippen LogP contribution in [0, 0.1) is 0 Å². The van der Waals surface area contributed by atoms with E-state index in [1.54, 1.807) is 6.33 Å². The molecule has 0 fully saturated rings. The van der Waals surface area contributed by atoms with Crippen molar-refractivity contribution in [2.24, 2.45) is 0 Å². The van der Waals surface area contributed by atoms with E-state index in [1.165, 1.54) is 6.33 Å². The quantitative estimate of drug-likeness (QED) is 0.472. The van der Waals surface area contributed by atoms with Crippen molar-refractivity contribution in [3.05, 3.63) is 72.0 Å². The van der Waals surface area contributed by atoms with Gasteiger partial charge in [-0.25, -0.2) is 19.9 Å². The Morgan fingerprint density at radius 3 is 2.75 bits per heavy atom. The van der Waals surface area contributed by atoms with Gasteiger partial charge in [0, 0.05) is 5.69 Å². The van der Waals surface area contributed by atoms with Crippen LogP contribution in [0.25, 0.3) is 27.9 Å². The van der Waals surface area contributed by atoms with Gasteiger partial charge < -0.3 is 10.3 Å². The number of nitrogens with one attached hydrogen (secondary N) is 2. The molecule has 0 bridgehead atoms. The number of imidazole rings is 2. The van der Waals surface area contributed by atoms with Gasteiger partial charge in [-0.1, -0.05) is 35.9 Å². The Morgan fingerprint density at radius 2 is 1.89 bits per heavy atom. The smallest absolute Gasteiger partial charge is 0.162 e. The Labute approximate surface area is 165 Å².